The SMILES string of the molecule is CC(C)(C)OC(=O)CNCCC1=CCCCC1. The van der Waals surface area contributed by atoms with Gasteiger partial charge in [0.05, 0.1) is 6.54 Å². The van der Waals surface area contributed by atoms with E-state index in [1.165, 1.54) is 31.3 Å². The van der Waals surface area contributed by atoms with Crippen molar-refractivity contribution in [2.24, 2.45) is 0 Å². The molecule has 1 N–H and O–H groups in total. The zero-order chi connectivity index (χ0) is 12.7. The average Bonchev–Trinajstić information content (AvgIpc) is 2.23. The topological polar surface area (TPSA) is 38.3 Å². The molecule has 0 amide bonds. The monoisotopic (exact) mass is 239 g/mol. The smallest absolute Gasteiger partial charge is 0.320 e. The molecule has 0 atom stereocenters. The summed E-state index contributed by atoms with van der Waals surface area (Å²) >= 11 is 0. The lowest BCUT2D eigenvalue weighted by Gasteiger charge is -2.19. The van der Waals surface area contributed by atoms with Gasteiger partial charge in [0.25, 0.3) is 0 Å². The predicted molar refractivity (Wildman–Crippen MR) is 69.9 cm³/mol. The van der Waals surface area contributed by atoms with Crippen molar-refractivity contribution < 1.29 is 9.53 Å². The fourth-order valence-electron chi connectivity index (χ4n) is 1.95. The number of carbonyl (C=O) groups is 1. The normalized spacial score (nSPS) is 16.5. The summed E-state index contributed by atoms with van der Waals surface area (Å²) in [6, 6.07) is 0. The van der Waals surface area contributed by atoms with E-state index >= 15 is 0 Å². The highest BCUT2D eigenvalue weighted by Crippen LogP contribution is 2.19. The number of hydrogen-bond acceptors (Lipinski definition) is 3. The second-order valence-electron chi connectivity index (χ2n) is 5.62. The molecule has 98 valence electrons. The number of ether oxygens (including phenoxy) is 1. The van der Waals surface area contributed by atoms with Crippen LogP contribution in [0.5, 0.6) is 0 Å². The van der Waals surface area contributed by atoms with Gasteiger partial charge in [-0.1, -0.05) is 11.6 Å². The Hall–Kier alpha value is -0.830. The van der Waals surface area contributed by atoms with Gasteiger partial charge in [-0.2, -0.15) is 0 Å². The van der Waals surface area contributed by atoms with Crippen LogP contribution in [0.25, 0.3) is 0 Å². The Bertz CT molecular complexity index is 276. The van der Waals surface area contributed by atoms with E-state index < -0.39 is 0 Å². The summed E-state index contributed by atoms with van der Waals surface area (Å²) in [5.41, 5.74) is 1.15. The largest absolute Gasteiger partial charge is 0.459 e. The Morgan fingerprint density at radius 3 is 2.76 bits per heavy atom. The van der Waals surface area contributed by atoms with Crippen LogP contribution in [0.15, 0.2) is 11.6 Å². The molecule has 0 unspecified atom stereocenters. The molecule has 0 saturated heterocycles. The van der Waals surface area contributed by atoms with E-state index in [-0.39, 0.29) is 11.6 Å². The third-order valence-corrected chi connectivity index (χ3v) is 2.70. The Morgan fingerprint density at radius 1 is 1.41 bits per heavy atom. The minimum absolute atomic E-state index is 0.171. The molecule has 0 aromatic heterocycles. The maximum atomic E-state index is 11.4. The highest BCUT2D eigenvalue weighted by molar-refractivity contribution is 5.72. The van der Waals surface area contributed by atoms with E-state index in [0.29, 0.717) is 6.54 Å². The summed E-state index contributed by atoms with van der Waals surface area (Å²) < 4.78 is 5.21. The number of rotatable bonds is 5. The lowest BCUT2D eigenvalue weighted by atomic mass is 9.97. The highest BCUT2D eigenvalue weighted by Gasteiger charge is 2.15. The number of esters is 1. The molecule has 3 heteroatoms. The molecule has 1 aliphatic carbocycles. The van der Waals surface area contributed by atoms with Gasteiger partial charge >= 0.3 is 5.97 Å². The molecule has 1 rings (SSSR count). The Kier molecular flexibility index (Phi) is 5.69. The molecule has 0 fully saturated rings. The van der Waals surface area contributed by atoms with Crippen molar-refractivity contribution in [3.8, 4) is 0 Å². The van der Waals surface area contributed by atoms with Gasteiger partial charge in [-0.3, -0.25) is 4.79 Å². The molecule has 0 bridgehead atoms. The number of nitrogens with one attached hydrogen (secondary N) is 1. The van der Waals surface area contributed by atoms with Crippen LogP contribution in [0.2, 0.25) is 0 Å². The summed E-state index contributed by atoms with van der Waals surface area (Å²) in [6.07, 6.45) is 8.50. The molecule has 17 heavy (non-hydrogen) atoms. The molecule has 3 nitrogen and oxygen atoms in total. The van der Waals surface area contributed by atoms with Gasteiger partial charge < -0.3 is 10.1 Å². The summed E-state index contributed by atoms with van der Waals surface area (Å²) in [7, 11) is 0. The average molecular weight is 239 g/mol. The van der Waals surface area contributed by atoms with E-state index in [2.05, 4.69) is 11.4 Å². The zero-order valence-corrected chi connectivity index (χ0v) is 11.3. The lowest BCUT2D eigenvalue weighted by molar-refractivity contribution is -0.153. The first kappa shape index (κ1) is 14.2. The van der Waals surface area contributed by atoms with Gasteiger partial charge in [-0.15, -0.1) is 0 Å². The van der Waals surface area contributed by atoms with Crippen LogP contribution in [-0.4, -0.2) is 24.7 Å². The van der Waals surface area contributed by atoms with Crippen LogP contribution in [0, 0.1) is 0 Å². The first-order valence-corrected chi connectivity index (χ1v) is 6.58. The van der Waals surface area contributed by atoms with Crippen molar-refractivity contribution in [3.63, 3.8) is 0 Å². The van der Waals surface area contributed by atoms with Gasteiger partial charge in [-0.05, 0) is 59.4 Å². The molecule has 0 aliphatic heterocycles. The standard InChI is InChI=1S/C14H25NO2/c1-14(2,3)17-13(16)11-15-10-9-12-7-5-4-6-8-12/h7,15H,4-6,8-11H2,1-3H3. The fourth-order valence-corrected chi connectivity index (χ4v) is 1.95. The van der Waals surface area contributed by atoms with Gasteiger partial charge in [0.1, 0.15) is 5.60 Å². The van der Waals surface area contributed by atoms with E-state index in [4.69, 9.17) is 4.74 Å². The molecule has 1 aliphatic rings. The maximum absolute atomic E-state index is 11.4. The van der Waals surface area contributed by atoms with Crippen LogP contribution >= 0.6 is 0 Å². The van der Waals surface area contributed by atoms with E-state index in [0.717, 1.165) is 13.0 Å². The zero-order valence-electron chi connectivity index (χ0n) is 11.3. The maximum Gasteiger partial charge on any atom is 0.320 e. The summed E-state index contributed by atoms with van der Waals surface area (Å²) in [4.78, 5) is 11.4. The van der Waals surface area contributed by atoms with Crippen molar-refractivity contribution in [1.82, 2.24) is 5.32 Å². The highest BCUT2D eigenvalue weighted by atomic mass is 16.6. The minimum atomic E-state index is -0.384. The molecule has 0 aromatic rings. The predicted octanol–water partition coefficient (Wildman–Crippen LogP) is 2.81. The van der Waals surface area contributed by atoms with E-state index in [9.17, 15) is 4.79 Å². The summed E-state index contributed by atoms with van der Waals surface area (Å²) in [5.74, 6) is -0.171. The van der Waals surface area contributed by atoms with Gasteiger partial charge in [-0.25, -0.2) is 0 Å². The van der Waals surface area contributed by atoms with Gasteiger partial charge in [0.15, 0.2) is 0 Å². The number of hydrogen-bond donors (Lipinski definition) is 1. The Labute approximate surface area is 105 Å². The van der Waals surface area contributed by atoms with Crippen molar-refractivity contribution in [3.05, 3.63) is 11.6 Å². The second-order valence-corrected chi connectivity index (χ2v) is 5.62. The molecular weight excluding hydrogens is 214 g/mol. The molecule has 0 saturated carbocycles. The van der Waals surface area contributed by atoms with Crippen LogP contribution in [0.4, 0.5) is 0 Å². The third kappa shape index (κ3) is 7.16. The van der Waals surface area contributed by atoms with Crippen LogP contribution in [0.1, 0.15) is 52.9 Å². The summed E-state index contributed by atoms with van der Waals surface area (Å²) in [5, 5.41) is 3.14. The Morgan fingerprint density at radius 2 is 2.18 bits per heavy atom. The number of carbonyl (C=O) groups excluding carboxylic acids is 1. The quantitative estimate of drug-likeness (QED) is 0.455. The van der Waals surface area contributed by atoms with Crippen molar-refractivity contribution in [2.45, 2.75) is 58.5 Å². The second kappa shape index (κ2) is 6.80. The van der Waals surface area contributed by atoms with Crippen LogP contribution in [-0.2, 0) is 9.53 Å². The fraction of sp³-hybridized carbons (Fsp3) is 0.786. The molecule has 0 aromatic carbocycles. The van der Waals surface area contributed by atoms with Gasteiger partial charge in [0.2, 0.25) is 0 Å². The van der Waals surface area contributed by atoms with Crippen molar-refractivity contribution in [2.75, 3.05) is 13.1 Å². The molecule has 0 spiro atoms. The summed E-state index contributed by atoms with van der Waals surface area (Å²) in [6.45, 7) is 6.84. The van der Waals surface area contributed by atoms with Crippen molar-refractivity contribution >= 4 is 5.97 Å². The van der Waals surface area contributed by atoms with Gasteiger partial charge in [0, 0.05) is 0 Å². The van der Waals surface area contributed by atoms with Crippen molar-refractivity contribution in [1.29, 1.82) is 0 Å². The molecule has 0 heterocycles. The minimum Gasteiger partial charge on any atom is -0.459 e. The Balaban J connectivity index is 2.07. The van der Waals surface area contributed by atoms with E-state index in [1.807, 2.05) is 20.8 Å². The third-order valence-electron chi connectivity index (χ3n) is 2.70. The first-order chi connectivity index (χ1) is 7.97. The van der Waals surface area contributed by atoms with E-state index in [1.54, 1.807) is 0 Å². The van der Waals surface area contributed by atoms with Crippen LogP contribution < -0.4 is 5.32 Å². The first-order valence-electron chi connectivity index (χ1n) is 6.58. The molecular formula is C14H25NO2. The molecule has 0 radical (unpaired) electrons. The van der Waals surface area contributed by atoms with Crippen LogP contribution in [0.3, 0.4) is 0 Å². The lowest BCUT2D eigenvalue weighted by Crippen LogP contribution is -2.32. The number of allylic oxidation sites excluding steroid dienone is 1.